The number of carbonyl (C=O) groups is 1. The number of ether oxygens (including phenoxy) is 6. The van der Waals surface area contributed by atoms with Gasteiger partial charge in [-0.05, 0) is 38.5 Å². The Balaban J connectivity index is 1.66. The van der Waals surface area contributed by atoms with E-state index in [2.05, 4.69) is 26.0 Å². The van der Waals surface area contributed by atoms with Gasteiger partial charge in [0.2, 0.25) is 0 Å². The number of hydrogen-bond donors (Lipinski definition) is 7. The van der Waals surface area contributed by atoms with Gasteiger partial charge >= 0.3 is 5.97 Å². The Morgan fingerprint density at radius 1 is 0.478 bits per heavy atom. The molecule has 0 aromatic rings. The van der Waals surface area contributed by atoms with Crippen molar-refractivity contribution in [3.05, 3.63) is 12.2 Å². The van der Waals surface area contributed by atoms with Crippen LogP contribution in [0, 0.1) is 0 Å². The van der Waals surface area contributed by atoms with Crippen molar-refractivity contribution in [1.82, 2.24) is 0 Å². The van der Waals surface area contributed by atoms with Crippen LogP contribution in [0.15, 0.2) is 12.2 Å². The number of carbonyl (C=O) groups excluding carboxylic acids is 1. The van der Waals surface area contributed by atoms with E-state index in [1.165, 1.54) is 154 Å². The van der Waals surface area contributed by atoms with Crippen molar-refractivity contribution in [2.75, 3.05) is 33.0 Å². The van der Waals surface area contributed by atoms with Crippen LogP contribution in [0.3, 0.4) is 0 Å². The van der Waals surface area contributed by atoms with Crippen molar-refractivity contribution in [2.45, 2.75) is 287 Å². The highest BCUT2D eigenvalue weighted by Crippen LogP contribution is 2.26. The maximum Gasteiger partial charge on any atom is 0.306 e. The van der Waals surface area contributed by atoms with E-state index in [0.29, 0.717) is 13.0 Å². The molecule has 2 rings (SSSR count). The fraction of sp³-hybridized carbons (Fsp3) is 0.943. The zero-order valence-electron chi connectivity index (χ0n) is 42.2. The predicted molar refractivity (Wildman–Crippen MR) is 261 cm³/mol. The molecule has 2 aliphatic heterocycles. The zero-order valence-corrected chi connectivity index (χ0v) is 42.2. The molecule has 7 N–H and O–H groups in total. The van der Waals surface area contributed by atoms with Crippen LogP contribution < -0.4 is 0 Å². The lowest BCUT2D eigenvalue weighted by Gasteiger charge is -2.42. The molecule has 0 aromatic heterocycles. The van der Waals surface area contributed by atoms with Crippen molar-refractivity contribution in [1.29, 1.82) is 0 Å². The van der Waals surface area contributed by atoms with E-state index >= 15 is 0 Å². The molecule has 14 nitrogen and oxygen atoms in total. The summed E-state index contributed by atoms with van der Waals surface area (Å²) in [5.41, 5.74) is 0. The van der Waals surface area contributed by atoms with Gasteiger partial charge in [0, 0.05) is 13.0 Å². The monoisotopic (exact) mass is 961 g/mol. The van der Waals surface area contributed by atoms with E-state index in [4.69, 9.17) is 28.4 Å². The molecule has 2 heterocycles. The lowest BCUT2D eigenvalue weighted by atomic mass is 9.98. The predicted octanol–water partition coefficient (Wildman–Crippen LogP) is 8.63. The molecule has 396 valence electrons. The van der Waals surface area contributed by atoms with Gasteiger partial charge in [0.25, 0.3) is 0 Å². The van der Waals surface area contributed by atoms with E-state index in [1.807, 2.05) is 0 Å². The molecule has 2 saturated heterocycles. The topological polar surface area (TPSA) is 214 Å². The Morgan fingerprint density at radius 2 is 0.881 bits per heavy atom. The van der Waals surface area contributed by atoms with Crippen LogP contribution in [0.2, 0.25) is 0 Å². The average Bonchev–Trinajstić information content (AvgIpc) is 3.32. The van der Waals surface area contributed by atoms with E-state index in [9.17, 15) is 40.5 Å². The number of unbranched alkanes of at least 4 members (excludes halogenated alkanes) is 28. The van der Waals surface area contributed by atoms with Crippen LogP contribution in [-0.4, -0.2) is 142 Å². The molecular weight excluding hydrogens is 861 g/mol. The molecule has 11 atom stereocenters. The van der Waals surface area contributed by atoms with Crippen LogP contribution in [0.25, 0.3) is 0 Å². The highest BCUT2D eigenvalue weighted by Gasteiger charge is 2.47. The molecule has 0 radical (unpaired) electrons. The largest absolute Gasteiger partial charge is 0.457 e. The summed E-state index contributed by atoms with van der Waals surface area (Å²) in [6.45, 7) is 3.69. The summed E-state index contributed by atoms with van der Waals surface area (Å²) in [6.07, 6.45) is 27.3. The minimum atomic E-state index is -1.70. The SMILES string of the molecule is CCCCCCCCCC/C=C\CCCCCCCCCCCCCCOCC(COC1OC(COC2OC(CO)C(O)C(O)C2O)C(O)C(O)C1O)OC(=O)CCCCCCCCCCC. The highest BCUT2D eigenvalue weighted by molar-refractivity contribution is 5.69. The first kappa shape index (κ1) is 61.8. The van der Waals surface area contributed by atoms with E-state index in [-0.39, 0.29) is 25.6 Å². The molecule has 0 aliphatic carbocycles. The van der Waals surface area contributed by atoms with Crippen molar-refractivity contribution in [3.8, 4) is 0 Å². The summed E-state index contributed by atoms with van der Waals surface area (Å²) in [5.74, 6) is -0.376. The number of allylic oxidation sites excluding steroid dienone is 2. The summed E-state index contributed by atoms with van der Waals surface area (Å²) in [4.78, 5) is 12.9. The van der Waals surface area contributed by atoms with Gasteiger partial charge in [0.15, 0.2) is 12.6 Å². The Hall–Kier alpha value is -1.27. The second-order valence-corrected chi connectivity index (χ2v) is 19.4. The number of hydrogen-bond acceptors (Lipinski definition) is 14. The minimum Gasteiger partial charge on any atom is -0.457 e. The third kappa shape index (κ3) is 29.0. The number of rotatable bonds is 44. The lowest BCUT2D eigenvalue weighted by molar-refractivity contribution is -0.332. The van der Waals surface area contributed by atoms with Gasteiger partial charge in [-0.25, -0.2) is 0 Å². The fourth-order valence-electron chi connectivity index (χ4n) is 8.81. The zero-order chi connectivity index (χ0) is 48.7. The van der Waals surface area contributed by atoms with Crippen molar-refractivity contribution < 1.29 is 69.0 Å². The van der Waals surface area contributed by atoms with E-state index in [1.54, 1.807) is 0 Å². The molecule has 11 unspecified atom stereocenters. The molecule has 67 heavy (non-hydrogen) atoms. The normalized spacial score (nSPS) is 26.1. The Morgan fingerprint density at radius 3 is 1.36 bits per heavy atom. The van der Waals surface area contributed by atoms with Gasteiger partial charge < -0.3 is 64.2 Å². The molecule has 14 heteroatoms. The summed E-state index contributed by atoms with van der Waals surface area (Å²) in [5, 5.41) is 72.1. The molecule has 2 fully saturated rings. The maximum atomic E-state index is 12.9. The first-order valence-electron chi connectivity index (χ1n) is 27.3. The van der Waals surface area contributed by atoms with Crippen molar-refractivity contribution >= 4 is 5.97 Å². The first-order chi connectivity index (χ1) is 32.6. The van der Waals surface area contributed by atoms with Crippen LogP contribution >= 0.6 is 0 Å². The molecule has 0 bridgehead atoms. The summed E-state index contributed by atoms with van der Waals surface area (Å²) >= 11 is 0. The Labute approximate surface area is 405 Å². The lowest BCUT2D eigenvalue weighted by Crippen LogP contribution is -2.61. The summed E-state index contributed by atoms with van der Waals surface area (Å²) < 4.78 is 34.2. The van der Waals surface area contributed by atoms with Crippen LogP contribution in [-0.2, 0) is 33.2 Å². The highest BCUT2D eigenvalue weighted by atomic mass is 16.7. The molecular formula is C53H100O14. The first-order valence-corrected chi connectivity index (χ1v) is 27.3. The van der Waals surface area contributed by atoms with Gasteiger partial charge in [-0.2, -0.15) is 0 Å². The van der Waals surface area contributed by atoms with E-state index in [0.717, 1.165) is 38.5 Å². The Bertz CT molecular complexity index is 1160. The standard InChI is InChI=1S/C53H100O14/c1-3-5-7-9-11-13-14-15-16-17-18-19-20-21-22-23-24-25-26-27-29-31-33-35-37-62-39-42(65-45(55)36-34-32-30-28-12-10-8-6-4-2)40-63-52-51(61)49(59)47(57)44(67-52)41-64-53-50(60)48(58)46(56)43(38-54)66-53/h17-18,42-44,46-54,56-61H,3-16,19-41H2,1-2H3/b18-17-. The van der Waals surface area contributed by atoms with Gasteiger partial charge in [-0.3, -0.25) is 4.79 Å². The van der Waals surface area contributed by atoms with Crippen LogP contribution in [0.1, 0.15) is 219 Å². The molecule has 2 aliphatic rings. The second-order valence-electron chi connectivity index (χ2n) is 19.4. The smallest absolute Gasteiger partial charge is 0.306 e. The fourth-order valence-corrected chi connectivity index (χ4v) is 8.81. The second kappa shape index (κ2) is 41.4. The molecule has 0 saturated carbocycles. The van der Waals surface area contributed by atoms with Crippen LogP contribution in [0.5, 0.6) is 0 Å². The minimum absolute atomic E-state index is 0.0667. The molecule has 0 spiro atoms. The molecule has 0 aromatic carbocycles. The van der Waals surface area contributed by atoms with Gasteiger partial charge in [-0.1, -0.05) is 187 Å². The third-order valence-corrected chi connectivity index (χ3v) is 13.3. The van der Waals surface area contributed by atoms with Crippen molar-refractivity contribution in [3.63, 3.8) is 0 Å². The van der Waals surface area contributed by atoms with Gasteiger partial charge in [-0.15, -0.1) is 0 Å². The average molecular weight is 961 g/mol. The van der Waals surface area contributed by atoms with Crippen LogP contribution in [0.4, 0.5) is 0 Å². The van der Waals surface area contributed by atoms with Gasteiger partial charge in [0.05, 0.1) is 26.4 Å². The Kier molecular flexibility index (Phi) is 38.2. The summed E-state index contributed by atoms with van der Waals surface area (Å²) in [7, 11) is 0. The number of esters is 1. The molecule has 0 amide bonds. The number of aliphatic hydroxyl groups excluding tert-OH is 7. The number of aliphatic hydroxyl groups is 7. The summed E-state index contributed by atoms with van der Waals surface area (Å²) in [6, 6.07) is 0. The quantitative estimate of drug-likeness (QED) is 0.0173. The van der Waals surface area contributed by atoms with Gasteiger partial charge in [0.1, 0.15) is 54.9 Å². The maximum absolute atomic E-state index is 12.9. The van der Waals surface area contributed by atoms with E-state index < -0.39 is 80.7 Å². The third-order valence-electron chi connectivity index (χ3n) is 13.3. The van der Waals surface area contributed by atoms with Crippen molar-refractivity contribution in [2.24, 2.45) is 0 Å².